The van der Waals surface area contributed by atoms with E-state index in [1.807, 2.05) is 0 Å². The monoisotopic (exact) mass is 302 g/mol. The Labute approximate surface area is 123 Å². The molecule has 3 amide bonds. The summed E-state index contributed by atoms with van der Waals surface area (Å²) in [6.07, 6.45) is -0.0598. The second kappa shape index (κ2) is 9.73. The molecule has 0 aromatic rings. The van der Waals surface area contributed by atoms with E-state index in [0.717, 1.165) is 0 Å². The Morgan fingerprint density at radius 2 is 1.81 bits per heavy atom. The largest absolute Gasteiger partial charge is 0.481 e. The number of carboxylic acids is 1. The van der Waals surface area contributed by atoms with Crippen molar-refractivity contribution in [2.75, 3.05) is 13.2 Å². The van der Waals surface area contributed by atoms with Crippen molar-refractivity contribution in [2.24, 2.45) is 0 Å². The van der Waals surface area contributed by atoms with Gasteiger partial charge in [-0.1, -0.05) is 0 Å². The first kappa shape index (κ1) is 18.9. The molecule has 0 saturated carbocycles. The lowest BCUT2D eigenvalue weighted by molar-refractivity contribution is -0.144. The molecule has 0 spiro atoms. The summed E-state index contributed by atoms with van der Waals surface area (Å²) >= 11 is 0. The Morgan fingerprint density at radius 1 is 1.19 bits per heavy atom. The lowest BCUT2D eigenvalue weighted by Crippen LogP contribution is -2.48. The van der Waals surface area contributed by atoms with Crippen molar-refractivity contribution in [2.45, 2.75) is 46.1 Å². The molecule has 0 unspecified atom stereocenters. The summed E-state index contributed by atoms with van der Waals surface area (Å²) in [5, 5.41) is 10.6. The number of urea groups is 1. The highest BCUT2D eigenvalue weighted by Crippen LogP contribution is 2.01. The Balaban J connectivity index is 4.38. The van der Waals surface area contributed by atoms with Crippen LogP contribution in [0.3, 0.4) is 0 Å². The van der Waals surface area contributed by atoms with Gasteiger partial charge in [0, 0.05) is 18.9 Å². The molecule has 0 fully saturated rings. The first-order chi connectivity index (χ1) is 9.77. The van der Waals surface area contributed by atoms with Gasteiger partial charge in [0.2, 0.25) is 5.91 Å². The minimum Gasteiger partial charge on any atom is -0.481 e. The molecule has 0 atom stereocenters. The zero-order valence-electron chi connectivity index (χ0n) is 12.5. The van der Waals surface area contributed by atoms with Crippen LogP contribution in [0.15, 0.2) is 0 Å². The van der Waals surface area contributed by atoms with Crippen molar-refractivity contribution < 1.29 is 29.0 Å². The van der Waals surface area contributed by atoms with Crippen LogP contribution in [0.4, 0.5) is 4.79 Å². The SMILES string of the molecule is CCOC(=O)CN(C(=O)NC(=O)CCCC(=O)O)C(C)C. The molecule has 0 aromatic heterocycles. The lowest BCUT2D eigenvalue weighted by Gasteiger charge is -2.25. The normalized spacial score (nSPS) is 10.1. The van der Waals surface area contributed by atoms with Crippen molar-refractivity contribution in [3.05, 3.63) is 0 Å². The Kier molecular flexibility index (Phi) is 8.75. The van der Waals surface area contributed by atoms with Crippen LogP contribution in [0.25, 0.3) is 0 Å². The highest BCUT2D eigenvalue weighted by molar-refractivity contribution is 5.95. The van der Waals surface area contributed by atoms with Crippen LogP contribution in [0.1, 0.15) is 40.0 Å². The number of amides is 3. The summed E-state index contributed by atoms with van der Waals surface area (Å²) < 4.78 is 4.76. The van der Waals surface area contributed by atoms with Crippen LogP contribution < -0.4 is 5.32 Å². The summed E-state index contributed by atoms with van der Waals surface area (Å²) in [7, 11) is 0. The van der Waals surface area contributed by atoms with Crippen LogP contribution in [0.5, 0.6) is 0 Å². The fourth-order valence-corrected chi connectivity index (χ4v) is 1.49. The molecular weight excluding hydrogens is 280 g/mol. The predicted molar refractivity (Wildman–Crippen MR) is 73.5 cm³/mol. The number of nitrogens with one attached hydrogen (secondary N) is 1. The van der Waals surface area contributed by atoms with E-state index in [1.165, 1.54) is 4.90 Å². The van der Waals surface area contributed by atoms with E-state index in [9.17, 15) is 19.2 Å². The second-order valence-corrected chi connectivity index (χ2v) is 4.63. The number of carbonyl (C=O) groups is 4. The van der Waals surface area contributed by atoms with Gasteiger partial charge >= 0.3 is 18.0 Å². The molecule has 0 saturated heterocycles. The molecule has 0 aromatic carbocycles. The van der Waals surface area contributed by atoms with Crippen LogP contribution >= 0.6 is 0 Å². The van der Waals surface area contributed by atoms with Gasteiger partial charge < -0.3 is 14.7 Å². The van der Waals surface area contributed by atoms with Gasteiger partial charge in [0.25, 0.3) is 0 Å². The van der Waals surface area contributed by atoms with E-state index in [0.29, 0.717) is 0 Å². The third-order valence-electron chi connectivity index (χ3n) is 2.53. The first-order valence-electron chi connectivity index (χ1n) is 6.75. The smallest absolute Gasteiger partial charge is 0.325 e. The number of ether oxygens (including phenoxy) is 1. The van der Waals surface area contributed by atoms with E-state index in [4.69, 9.17) is 9.84 Å². The maximum Gasteiger partial charge on any atom is 0.325 e. The minimum absolute atomic E-state index is 0.0661. The van der Waals surface area contributed by atoms with Gasteiger partial charge in [-0.15, -0.1) is 0 Å². The zero-order valence-corrected chi connectivity index (χ0v) is 12.5. The minimum atomic E-state index is -1.000. The van der Waals surface area contributed by atoms with Gasteiger partial charge in [0.1, 0.15) is 6.54 Å². The Morgan fingerprint density at radius 3 is 2.29 bits per heavy atom. The van der Waals surface area contributed by atoms with Crippen LogP contribution in [0, 0.1) is 0 Å². The number of hydrogen-bond acceptors (Lipinski definition) is 5. The Hall–Kier alpha value is -2.12. The number of rotatable bonds is 8. The summed E-state index contributed by atoms with van der Waals surface area (Å²) in [4.78, 5) is 46.3. The average molecular weight is 302 g/mol. The molecule has 8 nitrogen and oxygen atoms in total. The summed E-state index contributed by atoms with van der Waals surface area (Å²) in [5.74, 6) is -2.13. The van der Waals surface area contributed by atoms with Gasteiger partial charge in [0.05, 0.1) is 6.61 Å². The highest BCUT2D eigenvalue weighted by Gasteiger charge is 2.22. The fourth-order valence-electron chi connectivity index (χ4n) is 1.49. The second-order valence-electron chi connectivity index (χ2n) is 4.63. The molecule has 8 heteroatoms. The molecule has 0 rings (SSSR count). The number of carboxylic acid groups (broad SMARTS) is 1. The Bertz CT molecular complexity index is 394. The van der Waals surface area contributed by atoms with Crippen molar-refractivity contribution in [3.8, 4) is 0 Å². The number of nitrogens with zero attached hydrogens (tertiary/aromatic N) is 1. The predicted octanol–water partition coefficient (Wildman–Crippen LogP) is 0.751. The molecule has 0 aliphatic heterocycles. The maximum atomic E-state index is 11.9. The average Bonchev–Trinajstić information content (AvgIpc) is 2.35. The van der Waals surface area contributed by atoms with Gasteiger partial charge in [-0.25, -0.2) is 4.79 Å². The third-order valence-corrected chi connectivity index (χ3v) is 2.53. The number of imide groups is 1. The highest BCUT2D eigenvalue weighted by atomic mass is 16.5. The summed E-state index contributed by atoms with van der Waals surface area (Å²) in [6, 6.07) is -0.986. The lowest BCUT2D eigenvalue weighted by atomic mass is 10.2. The number of carbonyl (C=O) groups excluding carboxylic acids is 3. The fraction of sp³-hybridized carbons (Fsp3) is 0.692. The van der Waals surface area contributed by atoms with E-state index in [1.54, 1.807) is 20.8 Å². The van der Waals surface area contributed by atoms with Crippen LogP contribution in [-0.4, -0.2) is 53.1 Å². The van der Waals surface area contributed by atoms with Gasteiger partial charge in [0.15, 0.2) is 0 Å². The third kappa shape index (κ3) is 8.61. The molecule has 0 radical (unpaired) electrons. The molecule has 2 N–H and O–H groups in total. The van der Waals surface area contributed by atoms with Crippen molar-refractivity contribution in [1.82, 2.24) is 10.2 Å². The number of aliphatic carboxylic acids is 1. The van der Waals surface area contributed by atoms with E-state index in [-0.39, 0.29) is 38.5 Å². The molecule has 21 heavy (non-hydrogen) atoms. The van der Waals surface area contributed by atoms with Crippen LogP contribution in [0.2, 0.25) is 0 Å². The maximum absolute atomic E-state index is 11.9. The van der Waals surface area contributed by atoms with Gasteiger partial charge in [-0.3, -0.25) is 19.7 Å². The molecule has 0 aliphatic rings. The van der Waals surface area contributed by atoms with Gasteiger partial charge in [-0.05, 0) is 27.2 Å². The molecule has 120 valence electrons. The van der Waals surface area contributed by atoms with E-state index in [2.05, 4.69) is 5.32 Å². The molecular formula is C13H22N2O6. The first-order valence-corrected chi connectivity index (χ1v) is 6.75. The van der Waals surface area contributed by atoms with Crippen LogP contribution in [-0.2, 0) is 19.1 Å². The molecule has 0 bridgehead atoms. The topological polar surface area (TPSA) is 113 Å². The van der Waals surface area contributed by atoms with E-state index >= 15 is 0 Å². The zero-order chi connectivity index (χ0) is 16.4. The van der Waals surface area contributed by atoms with Crippen molar-refractivity contribution in [3.63, 3.8) is 0 Å². The molecule has 0 heterocycles. The number of hydrogen-bond donors (Lipinski definition) is 2. The molecule has 0 aliphatic carbocycles. The quantitative estimate of drug-likeness (QED) is 0.640. The summed E-state index contributed by atoms with van der Waals surface area (Å²) in [5.41, 5.74) is 0. The standard InChI is InChI=1S/C13H22N2O6/c1-4-21-12(19)8-15(9(2)3)13(20)14-10(16)6-5-7-11(17)18/h9H,4-8H2,1-3H3,(H,17,18)(H,14,16,20). The van der Waals surface area contributed by atoms with Crippen molar-refractivity contribution >= 4 is 23.9 Å². The van der Waals surface area contributed by atoms with Gasteiger partial charge in [-0.2, -0.15) is 0 Å². The van der Waals surface area contributed by atoms with E-state index < -0.39 is 23.9 Å². The van der Waals surface area contributed by atoms with Crippen molar-refractivity contribution in [1.29, 1.82) is 0 Å². The summed E-state index contributed by atoms with van der Waals surface area (Å²) in [6.45, 7) is 5.02. The number of esters is 1.